The average Bonchev–Trinajstić information content (AvgIpc) is 3.49. The molecule has 0 bridgehead atoms. The van der Waals surface area contributed by atoms with Crippen molar-refractivity contribution in [1.29, 1.82) is 0 Å². The van der Waals surface area contributed by atoms with Gasteiger partial charge in [0, 0.05) is 18.2 Å². The van der Waals surface area contributed by atoms with E-state index in [-0.39, 0.29) is 29.8 Å². The molecule has 2 aromatic rings. The maximum Gasteiger partial charge on any atom is 0.252 e. The molecule has 198 valence electrons. The van der Waals surface area contributed by atoms with Crippen molar-refractivity contribution in [2.45, 2.75) is 71.1 Å². The third-order valence-corrected chi connectivity index (χ3v) is 7.93. The quantitative estimate of drug-likeness (QED) is 0.537. The Morgan fingerprint density at radius 3 is 2.30 bits per heavy atom. The first-order valence-corrected chi connectivity index (χ1v) is 13.3. The molecule has 7 heteroatoms. The molecule has 7 nitrogen and oxygen atoms in total. The van der Waals surface area contributed by atoms with E-state index >= 15 is 0 Å². The third kappa shape index (κ3) is 5.72. The predicted octanol–water partition coefficient (Wildman–Crippen LogP) is 3.60. The molecule has 5 atom stereocenters. The highest BCUT2D eigenvalue weighted by molar-refractivity contribution is 6.01. The average molecular weight is 505 g/mol. The molecule has 1 saturated heterocycles. The Morgan fingerprint density at radius 1 is 0.946 bits per heavy atom. The first-order valence-electron chi connectivity index (χ1n) is 13.3. The number of benzene rings is 2. The summed E-state index contributed by atoms with van der Waals surface area (Å²) in [6.07, 6.45) is 2.73. The zero-order valence-corrected chi connectivity index (χ0v) is 22.6. The number of nitrogens with one attached hydrogen (secondary N) is 3. The Morgan fingerprint density at radius 2 is 1.62 bits per heavy atom. The van der Waals surface area contributed by atoms with E-state index in [4.69, 9.17) is 0 Å². The molecule has 3 N–H and O–H groups in total. The Hall–Kier alpha value is -3.19. The molecular formula is C30H40N4O3. The number of fused-ring (bicyclic) bond motifs is 1. The summed E-state index contributed by atoms with van der Waals surface area (Å²) in [6, 6.07) is 16.3. The van der Waals surface area contributed by atoms with Gasteiger partial charge in [0.25, 0.3) is 5.91 Å². The maximum absolute atomic E-state index is 13.9. The van der Waals surface area contributed by atoms with Crippen LogP contribution < -0.4 is 16.0 Å². The predicted molar refractivity (Wildman–Crippen MR) is 146 cm³/mol. The van der Waals surface area contributed by atoms with Crippen LogP contribution >= 0.6 is 0 Å². The van der Waals surface area contributed by atoms with E-state index in [2.05, 4.69) is 16.0 Å². The van der Waals surface area contributed by atoms with Crippen molar-refractivity contribution in [3.05, 3.63) is 60.2 Å². The van der Waals surface area contributed by atoms with Crippen LogP contribution in [0.25, 0.3) is 11.1 Å². The highest BCUT2D eigenvalue weighted by Crippen LogP contribution is 2.39. The van der Waals surface area contributed by atoms with Gasteiger partial charge in [-0.2, -0.15) is 0 Å². The van der Waals surface area contributed by atoms with Gasteiger partial charge in [0.05, 0.1) is 12.1 Å². The lowest BCUT2D eigenvalue weighted by atomic mass is 9.85. The number of carbonyl (C=O) groups is 3. The fourth-order valence-corrected chi connectivity index (χ4v) is 5.73. The van der Waals surface area contributed by atoms with E-state index in [1.807, 2.05) is 80.3 Å². The fraction of sp³-hybridized carbons (Fsp3) is 0.500. The largest absolute Gasteiger partial charge is 0.347 e. The molecule has 4 rings (SSSR count). The minimum atomic E-state index is -0.648. The Kier molecular flexibility index (Phi) is 8.02. The molecular weight excluding hydrogens is 464 g/mol. The summed E-state index contributed by atoms with van der Waals surface area (Å²) in [5.74, 6) is -0.0260. The fourth-order valence-electron chi connectivity index (χ4n) is 5.73. The van der Waals surface area contributed by atoms with Gasteiger partial charge in [0.2, 0.25) is 11.8 Å². The minimum absolute atomic E-state index is 0.0659. The molecule has 1 heterocycles. The normalized spacial score (nSPS) is 22.7. The first kappa shape index (κ1) is 26.9. The highest BCUT2D eigenvalue weighted by atomic mass is 16.2. The number of nitrogens with zero attached hydrogens (tertiary/aromatic N) is 1. The molecule has 3 amide bonds. The van der Waals surface area contributed by atoms with Crippen LogP contribution in [0.2, 0.25) is 0 Å². The van der Waals surface area contributed by atoms with Crippen molar-refractivity contribution in [1.82, 2.24) is 20.9 Å². The van der Waals surface area contributed by atoms with E-state index in [0.717, 1.165) is 30.4 Å². The van der Waals surface area contributed by atoms with Crippen molar-refractivity contribution in [3.63, 3.8) is 0 Å². The number of rotatable bonds is 7. The van der Waals surface area contributed by atoms with Crippen molar-refractivity contribution in [2.24, 2.45) is 11.3 Å². The van der Waals surface area contributed by atoms with Crippen LogP contribution in [-0.4, -0.2) is 60.4 Å². The van der Waals surface area contributed by atoms with Gasteiger partial charge >= 0.3 is 0 Å². The Balaban J connectivity index is 1.54. The van der Waals surface area contributed by atoms with E-state index in [9.17, 15) is 14.4 Å². The monoisotopic (exact) mass is 504 g/mol. The van der Waals surface area contributed by atoms with Crippen LogP contribution in [0.3, 0.4) is 0 Å². The second-order valence-electron chi connectivity index (χ2n) is 11.5. The lowest BCUT2D eigenvalue weighted by molar-refractivity contribution is -0.141. The van der Waals surface area contributed by atoms with Crippen LogP contribution in [0.4, 0.5) is 0 Å². The number of carbonyl (C=O) groups excluding carboxylic acids is 3. The first-order chi connectivity index (χ1) is 17.6. The number of hydrogen-bond donors (Lipinski definition) is 3. The molecule has 2 aromatic carbocycles. The topological polar surface area (TPSA) is 90.5 Å². The summed E-state index contributed by atoms with van der Waals surface area (Å²) in [4.78, 5) is 42.0. The number of hydrogen-bond acceptors (Lipinski definition) is 4. The van der Waals surface area contributed by atoms with Gasteiger partial charge in [-0.1, -0.05) is 69.3 Å². The van der Waals surface area contributed by atoms with Crippen LogP contribution in [0.1, 0.15) is 57.3 Å². The molecule has 0 aromatic heterocycles. The van der Waals surface area contributed by atoms with Gasteiger partial charge < -0.3 is 20.9 Å². The number of amides is 3. The van der Waals surface area contributed by atoms with Gasteiger partial charge in [-0.15, -0.1) is 0 Å². The van der Waals surface area contributed by atoms with Gasteiger partial charge in [-0.25, -0.2) is 0 Å². The minimum Gasteiger partial charge on any atom is -0.347 e. The van der Waals surface area contributed by atoms with Crippen LogP contribution in [0, 0.1) is 11.3 Å². The lowest BCUT2D eigenvalue weighted by Crippen LogP contribution is -2.60. The molecule has 0 radical (unpaired) electrons. The molecule has 2 fully saturated rings. The van der Waals surface area contributed by atoms with Crippen molar-refractivity contribution in [3.8, 4) is 11.1 Å². The molecule has 37 heavy (non-hydrogen) atoms. The SMILES string of the molecule is CN[C@@H](C)C(=O)N[C@H](C(=O)N1CCC2CCC(NC(=O)c3ccccc3-c3ccccc3)C21)C(C)(C)C. The summed E-state index contributed by atoms with van der Waals surface area (Å²) < 4.78 is 0. The maximum atomic E-state index is 13.9. The van der Waals surface area contributed by atoms with E-state index in [1.165, 1.54) is 0 Å². The summed E-state index contributed by atoms with van der Waals surface area (Å²) in [5.41, 5.74) is 2.07. The lowest BCUT2D eigenvalue weighted by Gasteiger charge is -2.38. The highest BCUT2D eigenvalue weighted by Gasteiger charge is 2.49. The number of likely N-dealkylation sites (N-methyl/N-ethyl adjacent to an activating group) is 1. The van der Waals surface area contributed by atoms with Gasteiger partial charge in [-0.3, -0.25) is 14.4 Å². The van der Waals surface area contributed by atoms with Gasteiger partial charge in [0.15, 0.2) is 0 Å². The van der Waals surface area contributed by atoms with Crippen molar-refractivity contribution < 1.29 is 14.4 Å². The standard InChI is InChI=1S/C30H40N4O3/c1-19(31-5)27(35)33-26(30(2,3)4)29(37)34-18-17-21-15-16-24(25(21)34)32-28(36)23-14-10-9-13-22(23)20-11-7-6-8-12-20/h6-14,19,21,24-26,31H,15-18H2,1-5H3,(H,32,36)(H,33,35)/t19-,21?,24?,25?,26+/m0/s1. The zero-order valence-electron chi connectivity index (χ0n) is 22.6. The summed E-state index contributed by atoms with van der Waals surface area (Å²) >= 11 is 0. The van der Waals surface area contributed by atoms with Crippen LogP contribution in [0.15, 0.2) is 54.6 Å². The van der Waals surface area contributed by atoms with Crippen LogP contribution in [-0.2, 0) is 9.59 Å². The second-order valence-corrected chi connectivity index (χ2v) is 11.5. The molecule has 1 saturated carbocycles. The van der Waals surface area contributed by atoms with Gasteiger partial charge in [0.1, 0.15) is 6.04 Å². The third-order valence-electron chi connectivity index (χ3n) is 7.93. The summed E-state index contributed by atoms with van der Waals surface area (Å²) in [7, 11) is 1.73. The second kappa shape index (κ2) is 11.1. The molecule has 3 unspecified atom stereocenters. The summed E-state index contributed by atoms with van der Waals surface area (Å²) in [6.45, 7) is 8.35. The Bertz CT molecular complexity index is 1130. The van der Waals surface area contributed by atoms with E-state index in [0.29, 0.717) is 18.0 Å². The zero-order chi connectivity index (χ0) is 26.7. The van der Waals surface area contributed by atoms with Crippen molar-refractivity contribution in [2.75, 3.05) is 13.6 Å². The summed E-state index contributed by atoms with van der Waals surface area (Å²) in [5, 5.41) is 9.21. The molecule has 0 spiro atoms. The smallest absolute Gasteiger partial charge is 0.252 e. The van der Waals surface area contributed by atoms with E-state index in [1.54, 1.807) is 14.0 Å². The number of likely N-dealkylation sites (tertiary alicyclic amines) is 1. The van der Waals surface area contributed by atoms with E-state index < -0.39 is 17.5 Å². The van der Waals surface area contributed by atoms with Crippen LogP contribution in [0.5, 0.6) is 0 Å². The van der Waals surface area contributed by atoms with Crippen molar-refractivity contribution >= 4 is 17.7 Å². The van der Waals surface area contributed by atoms with Gasteiger partial charge in [-0.05, 0) is 61.8 Å². The Labute approximate surface area is 220 Å². The molecule has 1 aliphatic heterocycles. The molecule has 2 aliphatic rings. The molecule has 1 aliphatic carbocycles.